The van der Waals surface area contributed by atoms with Crippen LogP contribution in [0.5, 0.6) is 0 Å². The molecule has 1 aromatic carbocycles. The van der Waals surface area contributed by atoms with E-state index in [2.05, 4.69) is 31.6 Å². The molecule has 0 aliphatic carbocycles. The Bertz CT molecular complexity index is 986. The van der Waals surface area contributed by atoms with Gasteiger partial charge < -0.3 is 31.7 Å². The molecule has 1 saturated heterocycles. The molecule has 0 aromatic heterocycles. The molecule has 6 N–H and O–H groups in total. The van der Waals surface area contributed by atoms with Crippen LogP contribution in [0, 0.1) is 5.92 Å². The molecule has 0 unspecified atom stereocenters. The van der Waals surface area contributed by atoms with Crippen molar-refractivity contribution in [3.05, 3.63) is 34.3 Å². The van der Waals surface area contributed by atoms with Crippen molar-refractivity contribution in [3.8, 4) is 0 Å². The van der Waals surface area contributed by atoms with Gasteiger partial charge in [0.1, 0.15) is 18.8 Å². The Balaban J connectivity index is 2.14. The van der Waals surface area contributed by atoms with Gasteiger partial charge in [-0.1, -0.05) is 29.8 Å². The number of nitrogens with one attached hydrogen (secondary N) is 2. The number of amides is 3. The molecule has 0 saturated carbocycles. The molecule has 11 nitrogen and oxygen atoms in total. The van der Waals surface area contributed by atoms with Crippen molar-refractivity contribution in [2.24, 2.45) is 22.4 Å². The van der Waals surface area contributed by atoms with Gasteiger partial charge in [-0.15, -0.1) is 0 Å². The Kier molecular flexibility index (Phi) is 11.9. The number of carbonyl (C=O) groups is 4. The molecule has 3 atom stereocenters. The zero-order valence-electron chi connectivity index (χ0n) is 20.9. The Morgan fingerprint density at radius 2 is 1.86 bits per heavy atom. The maximum atomic E-state index is 13.5. The molecule has 1 fully saturated rings. The van der Waals surface area contributed by atoms with Crippen LogP contribution >= 0.6 is 15.9 Å². The SMILES string of the molecule is CC(C)[C@H](NC(=O)c1ccc(Br)cc1)C(=O)N1CCOC[C@H]1C(=O)N[C@@H](CCCN=C(N)N)C(=O)CF. The van der Waals surface area contributed by atoms with Gasteiger partial charge in [0.15, 0.2) is 11.7 Å². The Morgan fingerprint density at radius 1 is 1.19 bits per heavy atom. The van der Waals surface area contributed by atoms with E-state index in [1.807, 2.05) is 0 Å². The molecule has 0 radical (unpaired) electrons. The average Bonchev–Trinajstić information content (AvgIpc) is 2.87. The topological polar surface area (TPSA) is 169 Å². The quantitative estimate of drug-likeness (QED) is 0.157. The Morgan fingerprint density at radius 3 is 2.46 bits per heavy atom. The molecule has 1 heterocycles. The van der Waals surface area contributed by atoms with Crippen LogP contribution in [0.25, 0.3) is 0 Å². The van der Waals surface area contributed by atoms with Gasteiger partial charge in [0.25, 0.3) is 5.91 Å². The second kappa shape index (κ2) is 14.6. The summed E-state index contributed by atoms with van der Waals surface area (Å²) in [4.78, 5) is 56.7. The number of hydrogen-bond acceptors (Lipinski definition) is 6. The number of nitrogens with zero attached hydrogens (tertiary/aromatic N) is 2. The minimum atomic E-state index is -1.26. The third-order valence-electron chi connectivity index (χ3n) is 5.82. The number of carbonyl (C=O) groups excluding carboxylic acids is 4. The molecule has 1 aliphatic rings. The summed E-state index contributed by atoms with van der Waals surface area (Å²) >= 11 is 3.32. The van der Waals surface area contributed by atoms with Gasteiger partial charge in [0.05, 0.1) is 19.3 Å². The van der Waals surface area contributed by atoms with Crippen LogP contribution in [-0.4, -0.2) is 85.5 Å². The van der Waals surface area contributed by atoms with E-state index in [1.54, 1.807) is 38.1 Å². The highest BCUT2D eigenvalue weighted by molar-refractivity contribution is 9.10. The van der Waals surface area contributed by atoms with Gasteiger partial charge in [0.2, 0.25) is 11.8 Å². The predicted octanol–water partition coefficient (Wildman–Crippen LogP) is 0.508. The summed E-state index contributed by atoms with van der Waals surface area (Å²) in [5.41, 5.74) is 10.9. The van der Waals surface area contributed by atoms with Crippen molar-refractivity contribution in [3.63, 3.8) is 0 Å². The summed E-state index contributed by atoms with van der Waals surface area (Å²) in [6.07, 6.45) is 0.445. The van der Waals surface area contributed by atoms with Gasteiger partial charge in [0, 0.05) is 23.1 Å². The number of guanidine groups is 1. The van der Waals surface area contributed by atoms with E-state index in [1.165, 1.54) is 4.90 Å². The van der Waals surface area contributed by atoms with E-state index >= 15 is 0 Å². The van der Waals surface area contributed by atoms with Crippen LogP contribution in [0.15, 0.2) is 33.7 Å². The molecule has 0 spiro atoms. The number of aliphatic imine (C=N–C) groups is 1. The lowest BCUT2D eigenvalue weighted by molar-refractivity contribution is -0.151. The highest BCUT2D eigenvalue weighted by atomic mass is 79.9. The number of morpholine rings is 1. The fraction of sp³-hybridized carbons (Fsp3) is 0.542. The number of nitrogens with two attached hydrogens (primary N) is 2. The lowest BCUT2D eigenvalue weighted by atomic mass is 10.00. The van der Waals surface area contributed by atoms with Crippen LogP contribution < -0.4 is 22.1 Å². The fourth-order valence-electron chi connectivity index (χ4n) is 3.78. The van der Waals surface area contributed by atoms with Gasteiger partial charge >= 0.3 is 0 Å². The van der Waals surface area contributed by atoms with Gasteiger partial charge in [-0.05, 0) is 43.0 Å². The molecular weight excluding hydrogens is 551 g/mol. The predicted molar refractivity (Wildman–Crippen MR) is 139 cm³/mol. The lowest BCUT2D eigenvalue weighted by Gasteiger charge is -2.38. The Labute approximate surface area is 223 Å². The summed E-state index contributed by atoms with van der Waals surface area (Å²) in [6, 6.07) is 3.62. The Hall–Kier alpha value is -3.06. The molecule has 204 valence electrons. The number of rotatable bonds is 12. The highest BCUT2D eigenvalue weighted by Gasteiger charge is 2.38. The van der Waals surface area contributed by atoms with Gasteiger partial charge in [-0.25, -0.2) is 4.39 Å². The third kappa shape index (κ3) is 9.08. The number of ether oxygens (including phenoxy) is 1. The molecule has 0 bridgehead atoms. The molecule has 1 aromatic rings. The van der Waals surface area contributed by atoms with Crippen LogP contribution in [-0.2, 0) is 19.1 Å². The van der Waals surface area contributed by atoms with Crippen LogP contribution in [0.1, 0.15) is 37.0 Å². The van der Waals surface area contributed by atoms with E-state index in [0.717, 1.165) is 4.47 Å². The average molecular weight is 585 g/mol. The monoisotopic (exact) mass is 584 g/mol. The van der Waals surface area contributed by atoms with Crippen LogP contribution in [0.2, 0.25) is 0 Å². The first-order chi connectivity index (χ1) is 17.5. The molecule has 3 amide bonds. The molecule has 1 aliphatic heterocycles. The van der Waals surface area contributed by atoms with Crippen LogP contribution in [0.3, 0.4) is 0 Å². The maximum Gasteiger partial charge on any atom is 0.251 e. The number of Topliss-reactive ketones (excluding diaryl/α,β-unsaturated/α-hetero) is 1. The van der Waals surface area contributed by atoms with Crippen LogP contribution in [0.4, 0.5) is 4.39 Å². The normalized spacial score (nSPS) is 17.0. The number of alkyl halides is 1. The highest BCUT2D eigenvalue weighted by Crippen LogP contribution is 2.16. The third-order valence-corrected chi connectivity index (χ3v) is 6.35. The molecule has 13 heteroatoms. The van der Waals surface area contributed by atoms with E-state index in [9.17, 15) is 23.6 Å². The van der Waals surface area contributed by atoms with Crippen molar-refractivity contribution >= 4 is 45.4 Å². The molecule has 37 heavy (non-hydrogen) atoms. The largest absolute Gasteiger partial charge is 0.377 e. The lowest BCUT2D eigenvalue weighted by Crippen LogP contribution is -2.62. The van der Waals surface area contributed by atoms with Crippen molar-refractivity contribution in [1.29, 1.82) is 0 Å². The second-order valence-corrected chi connectivity index (χ2v) is 9.85. The van der Waals surface area contributed by atoms with E-state index in [0.29, 0.717) is 12.0 Å². The first kappa shape index (κ1) is 30.2. The first-order valence-electron chi connectivity index (χ1n) is 11.9. The minimum Gasteiger partial charge on any atom is -0.377 e. The zero-order chi connectivity index (χ0) is 27.5. The molecule has 2 rings (SSSR count). The summed E-state index contributed by atoms with van der Waals surface area (Å²) in [5.74, 6) is -2.72. The zero-order valence-corrected chi connectivity index (χ0v) is 22.5. The number of ketones is 1. The van der Waals surface area contributed by atoms with E-state index < -0.39 is 48.3 Å². The van der Waals surface area contributed by atoms with Gasteiger partial charge in [-0.2, -0.15) is 0 Å². The van der Waals surface area contributed by atoms with Crippen molar-refractivity contribution in [1.82, 2.24) is 15.5 Å². The first-order valence-corrected chi connectivity index (χ1v) is 12.7. The van der Waals surface area contributed by atoms with Crippen molar-refractivity contribution in [2.75, 3.05) is 33.0 Å². The minimum absolute atomic E-state index is 0.104. The summed E-state index contributed by atoms with van der Waals surface area (Å²) in [5, 5.41) is 5.31. The van der Waals surface area contributed by atoms with Gasteiger partial charge in [-0.3, -0.25) is 24.2 Å². The molecular formula is C24H34BrFN6O5. The second-order valence-electron chi connectivity index (χ2n) is 8.93. The standard InChI is InChI=1S/C24H34BrFN6O5/c1-14(2)20(31-21(34)15-5-7-16(25)8-6-15)23(36)32-10-11-37-13-18(32)22(35)30-17(19(33)12-26)4-3-9-29-24(27)28/h5-8,14,17-18,20H,3-4,9-13H2,1-2H3,(H,30,35)(H,31,34)(H4,27,28,29)/t17-,18-,20-/m0/s1. The summed E-state index contributed by atoms with van der Waals surface area (Å²) in [7, 11) is 0. The summed E-state index contributed by atoms with van der Waals surface area (Å²) < 4.78 is 19.4. The van der Waals surface area contributed by atoms with E-state index in [4.69, 9.17) is 16.2 Å². The van der Waals surface area contributed by atoms with Crippen molar-refractivity contribution in [2.45, 2.75) is 44.8 Å². The maximum absolute atomic E-state index is 13.5. The van der Waals surface area contributed by atoms with Crippen molar-refractivity contribution < 1.29 is 28.3 Å². The number of hydrogen-bond donors (Lipinski definition) is 4. The fourth-order valence-corrected chi connectivity index (χ4v) is 4.05. The smallest absolute Gasteiger partial charge is 0.251 e. The number of halogens is 2. The van der Waals surface area contributed by atoms with E-state index in [-0.39, 0.29) is 44.6 Å². The number of benzene rings is 1. The summed E-state index contributed by atoms with van der Waals surface area (Å²) in [6.45, 7) is 2.73.